The average Bonchev–Trinajstić information content (AvgIpc) is 2.45. The van der Waals surface area contributed by atoms with Crippen molar-refractivity contribution in [2.24, 2.45) is 12.8 Å². The summed E-state index contributed by atoms with van der Waals surface area (Å²) in [5.41, 5.74) is 6.50. The Hall–Kier alpha value is -0.590. The first-order chi connectivity index (χ1) is 7.41. The van der Waals surface area contributed by atoms with Crippen LogP contribution >= 0.6 is 11.6 Å². The van der Waals surface area contributed by atoms with E-state index in [0.29, 0.717) is 17.1 Å². The van der Waals surface area contributed by atoms with Gasteiger partial charge in [0.2, 0.25) is 0 Å². The average molecular weight is 266 g/mol. The van der Waals surface area contributed by atoms with Crippen molar-refractivity contribution in [3.63, 3.8) is 0 Å². The number of aryl methyl sites for hydroxylation is 2. The van der Waals surface area contributed by atoms with E-state index in [-0.39, 0.29) is 18.1 Å². The minimum atomic E-state index is -3.19. The van der Waals surface area contributed by atoms with E-state index in [1.165, 1.54) is 4.68 Å². The molecule has 1 rings (SSSR count). The highest BCUT2D eigenvalue weighted by Crippen LogP contribution is 2.22. The number of nitrogens with zero attached hydrogens (tertiary/aromatic N) is 2. The van der Waals surface area contributed by atoms with Gasteiger partial charge in [-0.2, -0.15) is 5.10 Å². The van der Waals surface area contributed by atoms with Crippen LogP contribution in [0.1, 0.15) is 18.3 Å². The minimum absolute atomic E-state index is 0.0318. The quantitative estimate of drug-likeness (QED) is 0.841. The van der Waals surface area contributed by atoms with Crippen molar-refractivity contribution in [3.8, 4) is 0 Å². The van der Waals surface area contributed by atoms with Crippen LogP contribution in [0.2, 0.25) is 5.02 Å². The van der Waals surface area contributed by atoms with Crippen molar-refractivity contribution in [2.45, 2.75) is 19.1 Å². The first-order valence-electron chi connectivity index (χ1n) is 5.02. The van der Waals surface area contributed by atoms with E-state index in [1.54, 1.807) is 7.05 Å². The lowest BCUT2D eigenvalue weighted by molar-refractivity contribution is 0.591. The Kier molecular flexibility index (Phi) is 4.35. The Morgan fingerprint density at radius 2 is 2.12 bits per heavy atom. The summed E-state index contributed by atoms with van der Waals surface area (Å²) in [6.07, 6.45) is 0.684. The molecular weight excluding hydrogens is 250 g/mol. The predicted molar refractivity (Wildman–Crippen MR) is 64.1 cm³/mol. The fourth-order valence-electron chi connectivity index (χ4n) is 1.44. The zero-order valence-electron chi connectivity index (χ0n) is 9.40. The summed E-state index contributed by atoms with van der Waals surface area (Å²) >= 11 is 6.06. The van der Waals surface area contributed by atoms with E-state index >= 15 is 0 Å². The summed E-state index contributed by atoms with van der Waals surface area (Å²) in [5, 5.41) is 4.61. The Morgan fingerprint density at radius 3 is 2.56 bits per heavy atom. The first-order valence-corrected chi connectivity index (χ1v) is 7.22. The van der Waals surface area contributed by atoms with Crippen molar-refractivity contribution in [1.82, 2.24) is 9.78 Å². The number of aromatic nitrogens is 2. The van der Waals surface area contributed by atoms with Gasteiger partial charge >= 0.3 is 0 Å². The van der Waals surface area contributed by atoms with Gasteiger partial charge in [-0.15, -0.1) is 0 Å². The molecule has 5 nitrogen and oxygen atoms in total. The second-order valence-electron chi connectivity index (χ2n) is 3.57. The van der Waals surface area contributed by atoms with Crippen LogP contribution in [0, 0.1) is 0 Å². The lowest BCUT2D eigenvalue weighted by Crippen LogP contribution is -2.18. The maximum atomic E-state index is 11.6. The number of rotatable bonds is 5. The fourth-order valence-corrected chi connectivity index (χ4v) is 3.13. The maximum absolute atomic E-state index is 11.6. The molecule has 0 saturated carbocycles. The van der Waals surface area contributed by atoms with E-state index in [9.17, 15) is 8.42 Å². The minimum Gasteiger partial charge on any atom is -0.329 e. The van der Waals surface area contributed by atoms with E-state index in [1.807, 2.05) is 6.92 Å². The molecule has 0 amide bonds. The molecule has 0 spiro atoms. The van der Waals surface area contributed by atoms with Crippen LogP contribution in [0.3, 0.4) is 0 Å². The molecule has 0 unspecified atom stereocenters. The molecular formula is C9H16ClN3O2S. The number of nitrogens with two attached hydrogens (primary N) is 1. The fraction of sp³-hybridized carbons (Fsp3) is 0.667. The normalized spacial score (nSPS) is 12.0. The van der Waals surface area contributed by atoms with E-state index in [4.69, 9.17) is 17.3 Å². The van der Waals surface area contributed by atoms with Crippen LogP contribution in [0.5, 0.6) is 0 Å². The third kappa shape index (κ3) is 2.96. The van der Waals surface area contributed by atoms with Gasteiger partial charge in [0.25, 0.3) is 0 Å². The molecule has 2 N–H and O–H groups in total. The molecule has 0 bridgehead atoms. The van der Waals surface area contributed by atoms with Gasteiger partial charge in [0.1, 0.15) is 0 Å². The molecule has 0 aliphatic carbocycles. The van der Waals surface area contributed by atoms with Crippen LogP contribution in [0.4, 0.5) is 0 Å². The second-order valence-corrected chi connectivity index (χ2v) is 6.13. The first kappa shape index (κ1) is 13.5. The summed E-state index contributed by atoms with van der Waals surface area (Å²) in [4.78, 5) is 0. The Bertz CT molecular complexity index is 467. The molecule has 7 heteroatoms. The summed E-state index contributed by atoms with van der Waals surface area (Å²) in [6, 6.07) is 0. The van der Waals surface area contributed by atoms with Crippen LogP contribution in [-0.2, 0) is 29.1 Å². The molecule has 1 aromatic rings. The highest BCUT2D eigenvalue weighted by Gasteiger charge is 2.19. The van der Waals surface area contributed by atoms with Gasteiger partial charge in [-0.3, -0.25) is 4.68 Å². The lowest BCUT2D eigenvalue weighted by atomic mass is 10.3. The molecule has 1 aromatic heterocycles. The molecule has 16 heavy (non-hydrogen) atoms. The van der Waals surface area contributed by atoms with Gasteiger partial charge in [-0.05, 0) is 6.42 Å². The molecule has 0 aromatic carbocycles. The molecule has 0 aliphatic rings. The smallest absolute Gasteiger partial charge is 0.157 e. The van der Waals surface area contributed by atoms with Crippen molar-refractivity contribution in [1.29, 1.82) is 0 Å². The van der Waals surface area contributed by atoms with Gasteiger partial charge in [-0.25, -0.2) is 8.42 Å². The SMILES string of the molecule is CCc1nn(C)c(CS(=O)(=O)CCN)c1Cl. The Morgan fingerprint density at radius 1 is 1.50 bits per heavy atom. The lowest BCUT2D eigenvalue weighted by Gasteiger charge is -2.03. The van der Waals surface area contributed by atoms with E-state index < -0.39 is 9.84 Å². The van der Waals surface area contributed by atoms with Crippen molar-refractivity contribution in [2.75, 3.05) is 12.3 Å². The predicted octanol–water partition coefficient (Wildman–Crippen LogP) is 0.509. The number of hydrogen-bond donors (Lipinski definition) is 1. The molecule has 0 radical (unpaired) electrons. The van der Waals surface area contributed by atoms with Crippen LogP contribution in [0.25, 0.3) is 0 Å². The van der Waals surface area contributed by atoms with Gasteiger partial charge in [0, 0.05) is 13.6 Å². The van der Waals surface area contributed by atoms with Crippen molar-refractivity contribution >= 4 is 21.4 Å². The van der Waals surface area contributed by atoms with Gasteiger partial charge < -0.3 is 5.73 Å². The topological polar surface area (TPSA) is 78.0 Å². The highest BCUT2D eigenvalue weighted by atomic mass is 35.5. The summed E-state index contributed by atoms with van der Waals surface area (Å²) < 4.78 is 24.8. The maximum Gasteiger partial charge on any atom is 0.157 e. The molecule has 1 heterocycles. The van der Waals surface area contributed by atoms with Crippen LogP contribution < -0.4 is 5.73 Å². The molecule has 0 fully saturated rings. The van der Waals surface area contributed by atoms with E-state index in [2.05, 4.69) is 5.10 Å². The monoisotopic (exact) mass is 265 g/mol. The molecule has 0 aliphatic heterocycles. The zero-order chi connectivity index (χ0) is 12.3. The van der Waals surface area contributed by atoms with Crippen LogP contribution in [0.15, 0.2) is 0 Å². The molecule has 0 saturated heterocycles. The van der Waals surface area contributed by atoms with Gasteiger partial charge in [0.15, 0.2) is 9.84 Å². The number of halogens is 1. The third-order valence-electron chi connectivity index (χ3n) is 2.29. The summed E-state index contributed by atoms with van der Waals surface area (Å²) in [7, 11) is -1.50. The Balaban J connectivity index is 3.02. The van der Waals surface area contributed by atoms with Gasteiger partial charge in [0.05, 0.1) is 27.9 Å². The van der Waals surface area contributed by atoms with Gasteiger partial charge in [-0.1, -0.05) is 18.5 Å². The van der Waals surface area contributed by atoms with Crippen molar-refractivity contribution in [3.05, 3.63) is 16.4 Å². The van der Waals surface area contributed by atoms with Crippen molar-refractivity contribution < 1.29 is 8.42 Å². The summed E-state index contributed by atoms with van der Waals surface area (Å²) in [6.45, 7) is 2.05. The standard InChI is InChI=1S/C9H16ClN3O2S/c1-3-7-9(10)8(13(2)12-7)6-16(14,15)5-4-11/h3-6,11H2,1-2H3. The number of sulfone groups is 1. The highest BCUT2D eigenvalue weighted by molar-refractivity contribution is 7.90. The summed E-state index contributed by atoms with van der Waals surface area (Å²) in [5.74, 6) is -0.136. The second kappa shape index (κ2) is 5.16. The Labute approximate surface area is 100 Å². The zero-order valence-corrected chi connectivity index (χ0v) is 11.0. The molecule has 92 valence electrons. The largest absolute Gasteiger partial charge is 0.329 e. The molecule has 0 atom stereocenters. The third-order valence-corrected chi connectivity index (χ3v) is 4.30. The number of hydrogen-bond acceptors (Lipinski definition) is 4. The van der Waals surface area contributed by atoms with E-state index in [0.717, 1.165) is 5.69 Å². The van der Waals surface area contributed by atoms with Crippen LogP contribution in [-0.4, -0.2) is 30.5 Å².